The van der Waals surface area contributed by atoms with Crippen LogP contribution >= 0.6 is 22.6 Å². The van der Waals surface area contributed by atoms with Gasteiger partial charge in [0, 0.05) is 18.6 Å². The summed E-state index contributed by atoms with van der Waals surface area (Å²) in [6.45, 7) is 0. The maximum atomic E-state index is 11.5. The first-order chi connectivity index (χ1) is 6.29. The van der Waals surface area contributed by atoms with E-state index in [0.29, 0.717) is 0 Å². The molecule has 1 aromatic rings. The number of nitrogens with one attached hydrogen (secondary N) is 1. The lowest BCUT2D eigenvalue weighted by Crippen LogP contribution is -2.27. The molecule has 1 amide bonds. The minimum Gasteiger partial charge on any atom is -0.291 e. The number of aromatic nitrogens is 2. The predicted molar refractivity (Wildman–Crippen MR) is 56.8 cm³/mol. The summed E-state index contributed by atoms with van der Waals surface area (Å²) in [5.41, 5.74) is 0. The second kappa shape index (κ2) is 4.75. The predicted octanol–water partition coefficient (Wildman–Crippen LogP) is 1.67. The van der Waals surface area contributed by atoms with Crippen molar-refractivity contribution in [2.75, 3.05) is 0 Å². The normalized spacial score (nSPS) is 10.2. The molecule has 0 bridgehead atoms. The van der Waals surface area contributed by atoms with Gasteiger partial charge < -0.3 is 0 Å². The van der Waals surface area contributed by atoms with Crippen LogP contribution in [0.1, 0.15) is 0 Å². The van der Waals surface area contributed by atoms with Gasteiger partial charge in [0.2, 0.25) is 0 Å². The first kappa shape index (κ1) is 9.90. The molecule has 1 N–H and O–H groups in total. The molecular weight excluding hydrogens is 283 g/mol. The van der Waals surface area contributed by atoms with Crippen molar-refractivity contribution in [3.63, 3.8) is 0 Å². The van der Waals surface area contributed by atoms with Crippen molar-refractivity contribution in [1.29, 1.82) is 5.41 Å². The molecule has 0 radical (unpaired) electrons. The van der Waals surface area contributed by atoms with E-state index in [2.05, 4.69) is 4.98 Å². The minimum absolute atomic E-state index is 0.333. The number of imidazole rings is 1. The van der Waals surface area contributed by atoms with Gasteiger partial charge in [0.1, 0.15) is 6.33 Å². The Bertz CT molecular complexity index is 319. The summed E-state index contributed by atoms with van der Waals surface area (Å²) >= 11 is 1.97. The molecule has 0 aromatic carbocycles. The smallest absolute Gasteiger partial charge is 0.291 e. The second-order valence-corrected chi connectivity index (χ2v) is 2.78. The van der Waals surface area contributed by atoms with E-state index in [1.54, 1.807) is 4.08 Å². The van der Waals surface area contributed by atoms with E-state index >= 15 is 0 Å². The Morgan fingerprint density at radius 2 is 2.46 bits per heavy atom. The molecule has 1 aromatic heterocycles. The molecule has 0 unspecified atom stereocenters. The van der Waals surface area contributed by atoms with Crippen LogP contribution in [0.4, 0.5) is 4.79 Å². The third kappa shape index (κ3) is 2.38. The molecule has 0 aliphatic rings. The summed E-state index contributed by atoms with van der Waals surface area (Å²) in [6, 6.07) is -0.333. The number of hydrogen-bond acceptors (Lipinski definition) is 3. The fourth-order valence-corrected chi connectivity index (χ4v) is 1.07. The number of carbonyl (C=O) groups is 1. The number of carbonyl (C=O) groups excluding carboxylic acids is 1. The summed E-state index contributed by atoms with van der Waals surface area (Å²) < 4.78 is 2.94. The molecule has 1 rings (SSSR count). The molecule has 1 heterocycles. The molecule has 0 saturated heterocycles. The van der Waals surface area contributed by atoms with Crippen LogP contribution in [0.25, 0.3) is 0 Å². The molecule has 68 valence electrons. The van der Waals surface area contributed by atoms with Crippen LogP contribution in [-0.2, 0) is 0 Å². The zero-order chi connectivity index (χ0) is 9.68. The van der Waals surface area contributed by atoms with E-state index < -0.39 is 0 Å². The minimum atomic E-state index is -0.333. The van der Waals surface area contributed by atoms with Crippen molar-refractivity contribution in [3.8, 4) is 0 Å². The highest BCUT2D eigenvalue weighted by Gasteiger charge is 2.08. The van der Waals surface area contributed by atoms with Gasteiger partial charge in [-0.2, -0.15) is 0 Å². The van der Waals surface area contributed by atoms with Crippen molar-refractivity contribution in [3.05, 3.63) is 29.0 Å². The largest absolute Gasteiger partial charge is 0.338 e. The lowest BCUT2D eigenvalue weighted by Gasteiger charge is -2.10. The van der Waals surface area contributed by atoms with E-state index in [1.807, 2.05) is 22.6 Å². The van der Waals surface area contributed by atoms with Crippen molar-refractivity contribution in [2.24, 2.45) is 0 Å². The SMILES string of the molecule is N=CN(/C=C\I)C(=O)n1ccnc1. The van der Waals surface area contributed by atoms with E-state index in [-0.39, 0.29) is 6.03 Å². The number of rotatable bonds is 2. The van der Waals surface area contributed by atoms with E-state index in [1.165, 1.54) is 29.5 Å². The Kier molecular flexibility index (Phi) is 3.62. The quantitative estimate of drug-likeness (QED) is 0.511. The number of halogens is 1. The molecule has 13 heavy (non-hydrogen) atoms. The number of amides is 1. The molecule has 0 atom stereocenters. The maximum absolute atomic E-state index is 11.5. The zero-order valence-corrected chi connectivity index (χ0v) is 8.75. The summed E-state index contributed by atoms with van der Waals surface area (Å²) in [4.78, 5) is 16.4. The van der Waals surface area contributed by atoms with Crippen LogP contribution in [0.5, 0.6) is 0 Å². The second-order valence-electron chi connectivity index (χ2n) is 2.06. The molecule has 0 aliphatic heterocycles. The van der Waals surface area contributed by atoms with Gasteiger partial charge in [-0.25, -0.2) is 9.78 Å². The van der Waals surface area contributed by atoms with Crippen molar-refractivity contribution in [1.82, 2.24) is 14.5 Å². The topological polar surface area (TPSA) is 62.0 Å². The summed E-state index contributed by atoms with van der Waals surface area (Å²) in [5, 5.41) is 6.99. The molecule has 0 fully saturated rings. The van der Waals surface area contributed by atoms with Gasteiger partial charge in [-0.05, 0) is 4.08 Å². The zero-order valence-electron chi connectivity index (χ0n) is 6.59. The van der Waals surface area contributed by atoms with Gasteiger partial charge in [0.15, 0.2) is 0 Å². The van der Waals surface area contributed by atoms with E-state index in [4.69, 9.17) is 5.41 Å². The first-order valence-electron chi connectivity index (χ1n) is 3.37. The van der Waals surface area contributed by atoms with Crippen LogP contribution in [0.2, 0.25) is 0 Å². The van der Waals surface area contributed by atoms with Crippen LogP contribution in [0.15, 0.2) is 29.0 Å². The Hall–Kier alpha value is -1.18. The Morgan fingerprint density at radius 3 is 2.92 bits per heavy atom. The molecule has 6 heteroatoms. The van der Waals surface area contributed by atoms with Gasteiger partial charge in [-0.1, -0.05) is 22.6 Å². The Balaban J connectivity index is 2.82. The summed E-state index contributed by atoms with van der Waals surface area (Å²) in [7, 11) is 0. The highest BCUT2D eigenvalue weighted by molar-refractivity contribution is 14.1. The van der Waals surface area contributed by atoms with Crippen molar-refractivity contribution < 1.29 is 4.79 Å². The van der Waals surface area contributed by atoms with Crippen molar-refractivity contribution >= 4 is 35.0 Å². The summed E-state index contributed by atoms with van der Waals surface area (Å²) in [6.07, 6.45) is 6.86. The first-order valence-corrected chi connectivity index (χ1v) is 4.62. The van der Waals surface area contributed by atoms with Crippen LogP contribution in [0, 0.1) is 5.41 Å². The van der Waals surface area contributed by atoms with Crippen LogP contribution < -0.4 is 0 Å². The summed E-state index contributed by atoms with van der Waals surface area (Å²) in [5.74, 6) is 0. The molecule has 5 nitrogen and oxygen atoms in total. The fraction of sp³-hybridized carbons (Fsp3) is 0. The van der Waals surface area contributed by atoms with E-state index in [0.717, 1.165) is 11.2 Å². The molecular formula is C7H7IN4O. The molecule has 0 aliphatic carbocycles. The third-order valence-corrected chi connectivity index (χ3v) is 1.62. The average molecular weight is 290 g/mol. The molecule has 0 spiro atoms. The average Bonchev–Trinajstić information content (AvgIpc) is 2.65. The number of hydrogen-bond donors (Lipinski definition) is 1. The Labute approximate surface area is 88.7 Å². The highest BCUT2D eigenvalue weighted by atomic mass is 127. The van der Waals surface area contributed by atoms with Gasteiger partial charge in [-0.3, -0.25) is 14.9 Å². The van der Waals surface area contributed by atoms with Crippen LogP contribution in [0.3, 0.4) is 0 Å². The number of nitrogens with zero attached hydrogens (tertiary/aromatic N) is 3. The Morgan fingerprint density at radius 1 is 1.69 bits per heavy atom. The maximum Gasteiger partial charge on any atom is 0.338 e. The van der Waals surface area contributed by atoms with Gasteiger partial charge in [0.25, 0.3) is 0 Å². The van der Waals surface area contributed by atoms with Gasteiger partial charge >= 0.3 is 6.03 Å². The standard InChI is InChI=1S/C7H7IN4O/c8-1-3-11(5-9)7(13)12-4-2-10-6-12/h1-6,9H/b3-1-,9-5?. The highest BCUT2D eigenvalue weighted by Crippen LogP contribution is 1.96. The van der Waals surface area contributed by atoms with Crippen LogP contribution in [-0.4, -0.2) is 26.8 Å². The lowest BCUT2D eigenvalue weighted by molar-refractivity contribution is 0.232. The third-order valence-electron chi connectivity index (χ3n) is 1.30. The fourth-order valence-electron chi connectivity index (χ4n) is 0.728. The molecule has 0 saturated carbocycles. The monoisotopic (exact) mass is 290 g/mol. The van der Waals surface area contributed by atoms with E-state index in [9.17, 15) is 4.79 Å². The van der Waals surface area contributed by atoms with Gasteiger partial charge in [-0.15, -0.1) is 0 Å². The lowest BCUT2D eigenvalue weighted by atomic mass is 10.7. The van der Waals surface area contributed by atoms with Crippen molar-refractivity contribution in [2.45, 2.75) is 0 Å². The van der Waals surface area contributed by atoms with Gasteiger partial charge in [0.05, 0.1) is 6.34 Å².